The molecule has 0 fully saturated rings. The number of halogens is 3. The molecule has 1 atom stereocenters. The van der Waals surface area contributed by atoms with Crippen molar-refractivity contribution >= 4 is 35.0 Å². The zero-order valence-corrected chi connectivity index (χ0v) is 16.1. The van der Waals surface area contributed by atoms with Gasteiger partial charge in [0.1, 0.15) is 5.75 Å². The van der Waals surface area contributed by atoms with E-state index in [2.05, 4.69) is 25.2 Å². The number of hydrogen-bond acceptors (Lipinski definition) is 5. The number of nitrogens with one attached hydrogen (secondary N) is 2. The summed E-state index contributed by atoms with van der Waals surface area (Å²) in [5.41, 5.74) is 1.29. The van der Waals surface area contributed by atoms with Crippen LogP contribution in [0.3, 0.4) is 0 Å². The highest BCUT2D eigenvalue weighted by molar-refractivity contribution is 8.00. The number of benzene rings is 2. The van der Waals surface area contributed by atoms with Gasteiger partial charge in [0.25, 0.3) is 0 Å². The summed E-state index contributed by atoms with van der Waals surface area (Å²) in [5.74, 6) is 0.317. The highest BCUT2D eigenvalue weighted by Crippen LogP contribution is 2.25. The molecule has 0 aliphatic carbocycles. The number of alkyl halides is 2. The number of thioether (sulfide) groups is 1. The topological polar surface area (TPSA) is 79.9 Å². The molecule has 0 saturated carbocycles. The standard InChI is InChI=1S/C18H15ClF2N4O2S/c1-10(16(26)22-13-6-8-14(9-7-13)27-17(20)21)28-18-23-15(24-25-18)11-2-4-12(19)5-3-11/h2-10,17H,1H3,(H,22,26)(H,23,24,25). The summed E-state index contributed by atoms with van der Waals surface area (Å²) in [6.07, 6.45) is 0. The maximum Gasteiger partial charge on any atom is 0.387 e. The third-order valence-corrected chi connectivity index (χ3v) is 4.79. The predicted octanol–water partition coefficient (Wildman–Crippen LogP) is 4.85. The molecule has 3 rings (SSSR count). The summed E-state index contributed by atoms with van der Waals surface area (Å²) in [5, 5.41) is 10.2. The van der Waals surface area contributed by atoms with Crippen molar-refractivity contribution in [1.29, 1.82) is 0 Å². The second kappa shape index (κ2) is 9.03. The van der Waals surface area contributed by atoms with Gasteiger partial charge in [-0.05, 0) is 55.5 Å². The minimum atomic E-state index is -2.89. The summed E-state index contributed by atoms with van der Waals surface area (Å²) in [6.45, 7) is -1.18. The molecule has 3 aromatic rings. The quantitative estimate of drug-likeness (QED) is 0.530. The van der Waals surface area contributed by atoms with Gasteiger partial charge < -0.3 is 10.1 Å². The summed E-state index contributed by atoms with van der Waals surface area (Å²) in [4.78, 5) is 16.7. The molecular formula is C18H15ClF2N4O2S. The number of hydrogen-bond donors (Lipinski definition) is 2. The first kappa shape index (κ1) is 20.1. The van der Waals surface area contributed by atoms with Crippen LogP contribution in [0, 0.1) is 0 Å². The summed E-state index contributed by atoms with van der Waals surface area (Å²) >= 11 is 7.06. The minimum absolute atomic E-state index is 0.0193. The van der Waals surface area contributed by atoms with Crippen molar-refractivity contribution in [2.45, 2.75) is 23.9 Å². The molecule has 1 unspecified atom stereocenters. The number of aromatic nitrogens is 3. The van der Waals surface area contributed by atoms with E-state index in [1.165, 1.54) is 36.0 Å². The first-order valence-electron chi connectivity index (χ1n) is 8.11. The lowest BCUT2D eigenvalue weighted by atomic mass is 10.2. The van der Waals surface area contributed by atoms with Gasteiger partial charge in [-0.25, -0.2) is 4.98 Å². The monoisotopic (exact) mass is 424 g/mol. The molecule has 0 aliphatic rings. The fourth-order valence-corrected chi connectivity index (χ4v) is 3.06. The van der Waals surface area contributed by atoms with Crippen LogP contribution < -0.4 is 10.1 Å². The molecule has 0 aliphatic heterocycles. The van der Waals surface area contributed by atoms with Crippen molar-refractivity contribution in [2.75, 3.05) is 5.32 Å². The van der Waals surface area contributed by atoms with Gasteiger partial charge in [0.2, 0.25) is 11.1 Å². The van der Waals surface area contributed by atoms with Crippen molar-refractivity contribution in [3.8, 4) is 17.1 Å². The van der Waals surface area contributed by atoms with Gasteiger partial charge in [-0.3, -0.25) is 9.89 Å². The first-order chi connectivity index (χ1) is 13.4. The van der Waals surface area contributed by atoms with Crippen molar-refractivity contribution in [3.63, 3.8) is 0 Å². The molecule has 28 heavy (non-hydrogen) atoms. The molecule has 0 saturated heterocycles. The van der Waals surface area contributed by atoms with E-state index < -0.39 is 11.9 Å². The largest absolute Gasteiger partial charge is 0.435 e. The summed E-state index contributed by atoms with van der Waals surface area (Å²) in [6, 6.07) is 12.8. The molecule has 1 amide bonds. The van der Waals surface area contributed by atoms with Crippen molar-refractivity contribution in [1.82, 2.24) is 15.2 Å². The van der Waals surface area contributed by atoms with Crippen LogP contribution >= 0.6 is 23.4 Å². The normalized spacial score (nSPS) is 12.0. The number of H-pyrrole nitrogens is 1. The number of carbonyl (C=O) groups excluding carboxylic acids is 1. The number of amides is 1. The molecular weight excluding hydrogens is 410 g/mol. The van der Waals surface area contributed by atoms with Crippen molar-refractivity contribution in [2.24, 2.45) is 0 Å². The fraction of sp³-hybridized carbons (Fsp3) is 0.167. The van der Waals surface area contributed by atoms with Crippen LogP contribution in [-0.2, 0) is 4.79 Å². The fourth-order valence-electron chi connectivity index (χ4n) is 2.21. The van der Waals surface area contributed by atoms with E-state index in [0.717, 1.165) is 5.56 Å². The zero-order chi connectivity index (χ0) is 20.1. The highest BCUT2D eigenvalue weighted by Gasteiger charge is 2.18. The van der Waals surface area contributed by atoms with Crippen LogP contribution in [-0.4, -0.2) is 32.9 Å². The average Bonchev–Trinajstić information content (AvgIpc) is 3.12. The molecule has 6 nitrogen and oxygen atoms in total. The van der Waals surface area contributed by atoms with E-state index in [1.807, 2.05) is 12.1 Å². The molecule has 2 aromatic carbocycles. The molecule has 0 radical (unpaired) electrons. The van der Waals surface area contributed by atoms with Gasteiger partial charge in [-0.15, -0.1) is 5.10 Å². The van der Waals surface area contributed by atoms with E-state index >= 15 is 0 Å². The number of aromatic amines is 1. The van der Waals surface area contributed by atoms with Gasteiger partial charge in [-0.2, -0.15) is 8.78 Å². The second-order valence-corrected chi connectivity index (χ2v) is 7.37. The molecule has 1 heterocycles. The average molecular weight is 425 g/mol. The number of carbonyl (C=O) groups is 1. The third kappa shape index (κ3) is 5.43. The van der Waals surface area contributed by atoms with E-state index in [9.17, 15) is 13.6 Å². The van der Waals surface area contributed by atoms with Gasteiger partial charge in [0.15, 0.2) is 5.82 Å². The number of ether oxygens (including phenoxy) is 1. The van der Waals surface area contributed by atoms with E-state index in [-0.39, 0.29) is 11.7 Å². The Bertz CT molecular complexity index is 936. The first-order valence-corrected chi connectivity index (χ1v) is 9.37. The Balaban J connectivity index is 1.57. The Morgan fingerprint density at radius 3 is 2.50 bits per heavy atom. The summed E-state index contributed by atoms with van der Waals surface area (Å²) in [7, 11) is 0. The lowest BCUT2D eigenvalue weighted by Gasteiger charge is -2.11. The number of nitrogens with zero attached hydrogens (tertiary/aromatic N) is 2. The van der Waals surface area contributed by atoms with Crippen LogP contribution in [0.1, 0.15) is 6.92 Å². The molecule has 10 heteroatoms. The van der Waals surface area contributed by atoms with Crippen molar-refractivity contribution in [3.05, 3.63) is 53.6 Å². The Labute approximate surface area is 168 Å². The minimum Gasteiger partial charge on any atom is -0.435 e. The van der Waals surface area contributed by atoms with Gasteiger partial charge in [0, 0.05) is 16.3 Å². The Kier molecular flexibility index (Phi) is 6.48. The van der Waals surface area contributed by atoms with Crippen LogP contribution in [0.15, 0.2) is 53.7 Å². The number of anilines is 1. The Morgan fingerprint density at radius 2 is 1.86 bits per heavy atom. The highest BCUT2D eigenvalue weighted by atomic mass is 35.5. The van der Waals surface area contributed by atoms with E-state index in [1.54, 1.807) is 19.1 Å². The SMILES string of the molecule is CC(Sc1n[nH]c(-c2ccc(Cl)cc2)n1)C(=O)Nc1ccc(OC(F)F)cc1. The molecule has 2 N–H and O–H groups in total. The maximum atomic E-state index is 12.3. The van der Waals surface area contributed by atoms with Crippen LogP contribution in [0.2, 0.25) is 5.02 Å². The zero-order valence-electron chi connectivity index (χ0n) is 14.5. The molecule has 1 aromatic heterocycles. The van der Waals surface area contributed by atoms with E-state index in [4.69, 9.17) is 11.6 Å². The Morgan fingerprint density at radius 1 is 1.18 bits per heavy atom. The maximum absolute atomic E-state index is 12.3. The van der Waals surface area contributed by atoms with Gasteiger partial charge in [-0.1, -0.05) is 23.4 Å². The Hall–Kier alpha value is -2.65. The molecule has 0 spiro atoms. The predicted molar refractivity (Wildman–Crippen MR) is 104 cm³/mol. The third-order valence-electron chi connectivity index (χ3n) is 3.58. The molecule has 0 bridgehead atoms. The van der Waals surface area contributed by atoms with Crippen molar-refractivity contribution < 1.29 is 18.3 Å². The van der Waals surface area contributed by atoms with Gasteiger partial charge in [0.05, 0.1) is 5.25 Å². The number of rotatable bonds is 7. The van der Waals surface area contributed by atoms with Crippen LogP contribution in [0.5, 0.6) is 5.75 Å². The van der Waals surface area contributed by atoms with E-state index in [0.29, 0.717) is 21.7 Å². The lowest BCUT2D eigenvalue weighted by Crippen LogP contribution is -2.22. The van der Waals surface area contributed by atoms with Gasteiger partial charge >= 0.3 is 6.61 Å². The molecule has 146 valence electrons. The summed E-state index contributed by atoms with van der Waals surface area (Å²) < 4.78 is 28.6. The van der Waals surface area contributed by atoms with Crippen LogP contribution in [0.4, 0.5) is 14.5 Å². The second-order valence-electron chi connectivity index (χ2n) is 5.63. The lowest BCUT2D eigenvalue weighted by molar-refractivity contribution is -0.115. The van der Waals surface area contributed by atoms with Crippen LogP contribution in [0.25, 0.3) is 11.4 Å². The smallest absolute Gasteiger partial charge is 0.387 e.